The van der Waals surface area contributed by atoms with Gasteiger partial charge in [-0.25, -0.2) is 0 Å². The van der Waals surface area contributed by atoms with Gasteiger partial charge >= 0.3 is 5.97 Å². The minimum atomic E-state index is -1.34. The number of Topliss-reactive ketones (excluding diaryl/α,β-unsaturated/α-hetero) is 1. The molecular weight excluding hydrogens is 344 g/mol. The number of ether oxygens (including phenoxy) is 3. The van der Waals surface area contributed by atoms with E-state index >= 15 is 0 Å². The Bertz CT molecular complexity index is 726. The molecule has 0 amide bonds. The molecule has 1 aliphatic heterocycles. The molecule has 0 unspecified atom stereocenters. The van der Waals surface area contributed by atoms with Gasteiger partial charge in [0.15, 0.2) is 17.7 Å². The Balaban J connectivity index is 2.38. The predicted octanol–water partition coefficient (Wildman–Crippen LogP) is 4.13. The highest BCUT2D eigenvalue weighted by molar-refractivity contribution is 6.07. The molecule has 0 spiro atoms. The van der Waals surface area contributed by atoms with Crippen molar-refractivity contribution in [3.05, 3.63) is 47.0 Å². The van der Waals surface area contributed by atoms with Crippen LogP contribution in [-0.4, -0.2) is 30.6 Å². The quantitative estimate of drug-likeness (QED) is 0.408. The molecule has 148 valence electrons. The molecule has 1 saturated heterocycles. The maximum Gasteiger partial charge on any atom is 0.319 e. The molecule has 0 aliphatic carbocycles. The summed E-state index contributed by atoms with van der Waals surface area (Å²) in [6.07, 6.45) is 1.22. The van der Waals surface area contributed by atoms with Crippen molar-refractivity contribution in [1.29, 1.82) is 0 Å². The van der Waals surface area contributed by atoms with E-state index in [0.717, 1.165) is 22.3 Å². The highest BCUT2D eigenvalue weighted by Gasteiger charge is 2.55. The second kappa shape index (κ2) is 7.95. The van der Waals surface area contributed by atoms with Gasteiger partial charge in [0.25, 0.3) is 0 Å². The summed E-state index contributed by atoms with van der Waals surface area (Å²) < 4.78 is 17.2. The van der Waals surface area contributed by atoms with Crippen LogP contribution >= 0.6 is 0 Å². The number of hydrogen-bond acceptors (Lipinski definition) is 5. The van der Waals surface area contributed by atoms with E-state index in [-0.39, 0.29) is 25.4 Å². The second-order valence-electron chi connectivity index (χ2n) is 7.73. The predicted molar refractivity (Wildman–Crippen MR) is 103 cm³/mol. The average Bonchev–Trinajstić information content (AvgIpc) is 2.98. The molecule has 5 heteroatoms. The number of aryl methyl sites for hydroxylation is 3. The molecule has 0 N–H and O–H groups in total. The molecule has 0 bridgehead atoms. The second-order valence-corrected chi connectivity index (χ2v) is 7.73. The molecule has 1 heterocycles. The fraction of sp³-hybridized carbons (Fsp3) is 0.545. The van der Waals surface area contributed by atoms with Crippen molar-refractivity contribution in [2.24, 2.45) is 5.41 Å². The summed E-state index contributed by atoms with van der Waals surface area (Å²) in [4.78, 5) is 25.7. The van der Waals surface area contributed by atoms with Crippen LogP contribution < -0.4 is 0 Å². The third-order valence-electron chi connectivity index (χ3n) is 5.02. The molecular formula is C22H30O5. The Hall–Kier alpha value is -1.98. The number of benzene rings is 1. The maximum atomic E-state index is 13.3. The topological polar surface area (TPSA) is 61.8 Å². The summed E-state index contributed by atoms with van der Waals surface area (Å²) in [7, 11) is 0. The monoisotopic (exact) mass is 374 g/mol. The van der Waals surface area contributed by atoms with E-state index < -0.39 is 23.3 Å². The van der Waals surface area contributed by atoms with Crippen LogP contribution in [0.15, 0.2) is 24.8 Å². The molecule has 0 aromatic heterocycles. The van der Waals surface area contributed by atoms with E-state index in [1.165, 1.54) is 0 Å². The van der Waals surface area contributed by atoms with Crippen molar-refractivity contribution in [3.63, 3.8) is 0 Å². The molecule has 0 saturated carbocycles. The van der Waals surface area contributed by atoms with Crippen molar-refractivity contribution in [1.82, 2.24) is 0 Å². The number of carbonyl (C=O) groups is 2. The Labute approximate surface area is 161 Å². The van der Waals surface area contributed by atoms with Gasteiger partial charge in [0.1, 0.15) is 5.41 Å². The molecule has 1 aliphatic rings. The lowest BCUT2D eigenvalue weighted by Gasteiger charge is -2.32. The first-order valence-electron chi connectivity index (χ1n) is 9.29. The number of ketones is 1. The molecule has 2 rings (SSSR count). The van der Waals surface area contributed by atoms with E-state index in [0.29, 0.717) is 0 Å². The molecule has 27 heavy (non-hydrogen) atoms. The highest BCUT2D eigenvalue weighted by Crippen LogP contribution is 2.42. The maximum absolute atomic E-state index is 13.3. The SMILES string of the molecule is C=CC[C@@]1(C(=O)C(C)(C)C(=O)OCC)CO[C@@H](c2c(C)cc(C)cc2C)O1. The molecule has 0 radical (unpaired) electrons. The van der Waals surface area contributed by atoms with Gasteiger partial charge in [-0.15, -0.1) is 6.58 Å². The lowest BCUT2D eigenvalue weighted by atomic mass is 9.77. The Morgan fingerprint density at radius 3 is 2.41 bits per heavy atom. The summed E-state index contributed by atoms with van der Waals surface area (Å²) in [5, 5.41) is 0. The third-order valence-corrected chi connectivity index (χ3v) is 5.02. The van der Waals surface area contributed by atoms with Crippen molar-refractivity contribution in [3.8, 4) is 0 Å². The van der Waals surface area contributed by atoms with Crippen LogP contribution in [0, 0.1) is 26.2 Å². The van der Waals surface area contributed by atoms with Crippen LogP contribution in [0.5, 0.6) is 0 Å². The van der Waals surface area contributed by atoms with Crippen LogP contribution in [0.2, 0.25) is 0 Å². The van der Waals surface area contributed by atoms with E-state index in [1.54, 1.807) is 26.8 Å². The fourth-order valence-corrected chi connectivity index (χ4v) is 3.71. The molecule has 1 aromatic rings. The van der Waals surface area contributed by atoms with E-state index in [2.05, 4.69) is 18.7 Å². The zero-order valence-electron chi connectivity index (χ0n) is 17.2. The number of hydrogen-bond donors (Lipinski definition) is 0. The molecule has 1 fully saturated rings. The highest BCUT2D eigenvalue weighted by atomic mass is 16.7. The van der Waals surface area contributed by atoms with Crippen LogP contribution in [0.1, 0.15) is 55.7 Å². The largest absolute Gasteiger partial charge is 0.465 e. The third kappa shape index (κ3) is 3.99. The van der Waals surface area contributed by atoms with Gasteiger partial charge in [0.05, 0.1) is 13.2 Å². The average molecular weight is 374 g/mol. The van der Waals surface area contributed by atoms with Crippen LogP contribution in [0.25, 0.3) is 0 Å². The Morgan fingerprint density at radius 1 is 1.30 bits per heavy atom. The van der Waals surface area contributed by atoms with Crippen molar-refractivity contribution < 1.29 is 23.8 Å². The zero-order chi connectivity index (χ0) is 20.4. The first-order chi connectivity index (χ1) is 12.6. The van der Waals surface area contributed by atoms with Gasteiger partial charge in [-0.2, -0.15) is 0 Å². The summed E-state index contributed by atoms with van der Waals surface area (Å²) in [6, 6.07) is 4.12. The van der Waals surface area contributed by atoms with Crippen molar-refractivity contribution in [2.45, 2.75) is 59.9 Å². The molecule has 5 nitrogen and oxygen atoms in total. The normalized spacial score (nSPS) is 22.5. The van der Waals surface area contributed by atoms with Gasteiger partial charge in [-0.05, 0) is 52.7 Å². The van der Waals surface area contributed by atoms with E-state index in [9.17, 15) is 9.59 Å². The zero-order valence-corrected chi connectivity index (χ0v) is 17.2. The van der Waals surface area contributed by atoms with Gasteiger partial charge in [0, 0.05) is 12.0 Å². The molecule has 1 aromatic carbocycles. The number of carbonyl (C=O) groups excluding carboxylic acids is 2. The first kappa shape index (κ1) is 21.3. The smallest absolute Gasteiger partial charge is 0.319 e. The summed E-state index contributed by atoms with van der Waals surface area (Å²) in [6.45, 7) is 14.9. The summed E-state index contributed by atoms with van der Waals surface area (Å²) in [5.41, 5.74) is 1.58. The van der Waals surface area contributed by atoms with Gasteiger partial charge in [-0.1, -0.05) is 23.8 Å². The minimum Gasteiger partial charge on any atom is -0.465 e. The van der Waals surface area contributed by atoms with Gasteiger partial charge < -0.3 is 14.2 Å². The fourth-order valence-electron chi connectivity index (χ4n) is 3.71. The number of esters is 1. The van der Waals surface area contributed by atoms with Crippen LogP contribution in [0.3, 0.4) is 0 Å². The minimum absolute atomic E-state index is 0.0676. The lowest BCUT2D eigenvalue weighted by molar-refractivity contribution is -0.168. The van der Waals surface area contributed by atoms with Crippen molar-refractivity contribution >= 4 is 11.8 Å². The standard InChI is InChI=1S/C22H30O5/c1-8-10-22(19(23)21(6,7)20(24)25-9-2)13-26-18(27-22)17-15(4)11-14(3)12-16(17)5/h8,11-12,18H,1,9-10,13H2,2-7H3/t18-,22+/m1/s1. The van der Waals surface area contributed by atoms with Gasteiger partial charge in [0.2, 0.25) is 0 Å². The first-order valence-corrected chi connectivity index (χ1v) is 9.29. The van der Waals surface area contributed by atoms with Crippen LogP contribution in [0.4, 0.5) is 0 Å². The molecule has 2 atom stereocenters. The van der Waals surface area contributed by atoms with Gasteiger partial charge in [-0.3, -0.25) is 9.59 Å². The van der Waals surface area contributed by atoms with Crippen LogP contribution in [-0.2, 0) is 23.8 Å². The summed E-state index contributed by atoms with van der Waals surface area (Å²) in [5.74, 6) is -0.911. The Morgan fingerprint density at radius 2 is 1.89 bits per heavy atom. The number of rotatable bonds is 7. The van der Waals surface area contributed by atoms with E-state index in [4.69, 9.17) is 14.2 Å². The summed E-state index contributed by atoms with van der Waals surface area (Å²) >= 11 is 0. The Kier molecular flexibility index (Phi) is 6.28. The van der Waals surface area contributed by atoms with Crippen molar-refractivity contribution in [2.75, 3.05) is 13.2 Å². The lowest BCUT2D eigenvalue weighted by Crippen LogP contribution is -2.51. The van der Waals surface area contributed by atoms with E-state index in [1.807, 2.05) is 20.8 Å².